The molecule has 0 saturated carbocycles. The molecule has 1 aliphatic heterocycles. The van der Waals surface area contributed by atoms with Crippen molar-refractivity contribution < 1.29 is 17.2 Å². The van der Waals surface area contributed by atoms with Gasteiger partial charge >= 0.3 is 10.4 Å². The monoisotopic (exact) mass is 235 g/mol. The summed E-state index contributed by atoms with van der Waals surface area (Å²) in [6.45, 7) is 5.78. The van der Waals surface area contributed by atoms with Gasteiger partial charge in [0.05, 0.1) is 6.61 Å². The summed E-state index contributed by atoms with van der Waals surface area (Å²) in [5, 5.41) is 0. The molecule has 0 radical (unpaired) electrons. The van der Waals surface area contributed by atoms with Crippen molar-refractivity contribution in [1.82, 2.24) is 4.90 Å². The van der Waals surface area contributed by atoms with Crippen LogP contribution in [0.2, 0.25) is 0 Å². The predicted molar refractivity (Wildman–Crippen MR) is 58.7 cm³/mol. The largest absolute Gasteiger partial charge is 0.397 e. The molecule has 5 nitrogen and oxygen atoms in total. The van der Waals surface area contributed by atoms with Crippen molar-refractivity contribution in [2.24, 2.45) is 0 Å². The summed E-state index contributed by atoms with van der Waals surface area (Å²) in [5.74, 6) is 0. The van der Waals surface area contributed by atoms with Crippen molar-refractivity contribution in [2.75, 3.05) is 19.7 Å². The Kier molecular flexibility index (Phi) is 7.02. The fourth-order valence-corrected chi connectivity index (χ4v) is 1.19. The van der Waals surface area contributed by atoms with E-state index in [0.29, 0.717) is 0 Å². The minimum absolute atomic E-state index is 0.0289. The van der Waals surface area contributed by atoms with E-state index in [1.54, 1.807) is 0 Å². The summed E-state index contributed by atoms with van der Waals surface area (Å²) in [6, 6.07) is 0. The Balaban J connectivity index is 0.000000265. The number of allylic oxidation sites excluding steroid dienone is 2. The van der Waals surface area contributed by atoms with Crippen LogP contribution in [0.3, 0.4) is 0 Å². The van der Waals surface area contributed by atoms with Crippen molar-refractivity contribution in [3.63, 3.8) is 0 Å². The van der Waals surface area contributed by atoms with Gasteiger partial charge in [-0.15, -0.1) is 0 Å². The third-order valence-electron chi connectivity index (χ3n) is 1.56. The first-order chi connectivity index (χ1) is 6.99. The molecule has 0 unspecified atom stereocenters. The maximum absolute atomic E-state index is 9.56. The van der Waals surface area contributed by atoms with Gasteiger partial charge in [-0.2, -0.15) is 8.42 Å². The molecule has 1 rings (SSSR count). The Morgan fingerprint density at radius 3 is 2.27 bits per heavy atom. The van der Waals surface area contributed by atoms with E-state index in [2.05, 4.69) is 40.4 Å². The molecule has 6 heteroatoms. The fourth-order valence-electron chi connectivity index (χ4n) is 0.891. The van der Waals surface area contributed by atoms with Crippen LogP contribution in [0.5, 0.6) is 0 Å². The Bertz CT molecular complexity index is 308. The van der Waals surface area contributed by atoms with Crippen LogP contribution in [0.1, 0.15) is 13.8 Å². The van der Waals surface area contributed by atoms with E-state index in [1.165, 1.54) is 6.92 Å². The second-order valence-electron chi connectivity index (χ2n) is 2.69. The van der Waals surface area contributed by atoms with Gasteiger partial charge in [0.25, 0.3) is 0 Å². The minimum atomic E-state index is -4.17. The number of likely N-dealkylation sites (N-methyl/N-ethyl adjacent to an activating group) is 1. The third kappa shape index (κ3) is 9.45. The highest BCUT2D eigenvalue weighted by atomic mass is 32.3. The van der Waals surface area contributed by atoms with Crippen molar-refractivity contribution in [1.29, 1.82) is 0 Å². The van der Waals surface area contributed by atoms with E-state index in [-0.39, 0.29) is 6.61 Å². The first-order valence-corrected chi connectivity index (χ1v) is 6.05. The molecule has 0 fully saturated rings. The zero-order chi connectivity index (χ0) is 11.7. The lowest BCUT2D eigenvalue weighted by Gasteiger charge is -2.16. The maximum atomic E-state index is 9.56. The van der Waals surface area contributed by atoms with E-state index < -0.39 is 10.4 Å². The van der Waals surface area contributed by atoms with Crippen LogP contribution < -0.4 is 0 Å². The summed E-state index contributed by atoms with van der Waals surface area (Å²) < 4.78 is 30.7. The molecule has 1 aliphatic rings. The van der Waals surface area contributed by atoms with Crippen LogP contribution in [-0.4, -0.2) is 37.6 Å². The van der Waals surface area contributed by atoms with Gasteiger partial charge in [-0.1, -0.05) is 12.2 Å². The molecule has 0 spiro atoms. The Morgan fingerprint density at radius 2 is 2.07 bits per heavy atom. The molecule has 0 amide bonds. The standard InChI is InChI=1S/C7H11N.C2H6O4S/c1-2-8-6-4-3-5-7-8;1-2-6-7(3,4)5/h3-6H,2,7H2,1H3;2H2,1H3,(H,3,4,5). The molecule has 0 aromatic heterocycles. The molecule has 0 saturated heterocycles. The molecule has 0 atom stereocenters. The van der Waals surface area contributed by atoms with Crippen LogP contribution in [0.4, 0.5) is 0 Å². The normalized spacial score (nSPS) is 14.7. The summed E-state index contributed by atoms with van der Waals surface area (Å²) >= 11 is 0. The quantitative estimate of drug-likeness (QED) is 0.745. The molecule has 0 aliphatic carbocycles. The summed E-state index contributed by atoms with van der Waals surface area (Å²) in [4.78, 5) is 2.25. The smallest absolute Gasteiger partial charge is 0.374 e. The number of hydrogen-bond acceptors (Lipinski definition) is 4. The topological polar surface area (TPSA) is 66.8 Å². The molecule has 0 bridgehead atoms. The summed E-state index contributed by atoms with van der Waals surface area (Å²) in [5.41, 5.74) is 0. The van der Waals surface area contributed by atoms with Crippen LogP contribution in [-0.2, 0) is 14.6 Å². The molecular weight excluding hydrogens is 218 g/mol. The number of rotatable bonds is 3. The molecular formula is C9H17NO4S. The second-order valence-corrected chi connectivity index (χ2v) is 3.78. The third-order valence-corrected chi connectivity index (χ3v) is 2.09. The van der Waals surface area contributed by atoms with Gasteiger partial charge in [0.2, 0.25) is 0 Å². The van der Waals surface area contributed by atoms with Gasteiger partial charge in [-0.05, 0) is 26.1 Å². The lowest BCUT2D eigenvalue weighted by atomic mass is 10.3. The van der Waals surface area contributed by atoms with E-state index in [4.69, 9.17) is 4.55 Å². The van der Waals surface area contributed by atoms with Gasteiger partial charge in [0.15, 0.2) is 0 Å². The minimum Gasteiger partial charge on any atom is -0.374 e. The molecule has 0 aromatic rings. The van der Waals surface area contributed by atoms with Gasteiger partial charge < -0.3 is 4.90 Å². The van der Waals surface area contributed by atoms with E-state index >= 15 is 0 Å². The highest BCUT2D eigenvalue weighted by Crippen LogP contribution is 1.95. The Hall–Kier alpha value is -0.850. The summed E-state index contributed by atoms with van der Waals surface area (Å²) in [7, 11) is -4.17. The van der Waals surface area contributed by atoms with Crippen LogP contribution in [0, 0.1) is 0 Å². The fraction of sp³-hybridized carbons (Fsp3) is 0.556. The summed E-state index contributed by atoms with van der Waals surface area (Å²) in [6.07, 6.45) is 8.41. The molecule has 15 heavy (non-hydrogen) atoms. The highest BCUT2D eigenvalue weighted by Gasteiger charge is 1.98. The van der Waals surface area contributed by atoms with Gasteiger partial charge in [0.1, 0.15) is 0 Å². The first kappa shape index (κ1) is 14.2. The number of hydrogen-bond donors (Lipinski definition) is 1. The molecule has 88 valence electrons. The van der Waals surface area contributed by atoms with Crippen LogP contribution >= 0.6 is 0 Å². The average molecular weight is 235 g/mol. The van der Waals surface area contributed by atoms with Gasteiger partial charge in [-0.25, -0.2) is 4.18 Å². The zero-order valence-corrected chi connectivity index (χ0v) is 9.77. The second kappa shape index (κ2) is 7.44. The van der Waals surface area contributed by atoms with Crippen molar-refractivity contribution in [3.8, 4) is 0 Å². The predicted octanol–water partition coefficient (Wildman–Crippen LogP) is 1.22. The maximum Gasteiger partial charge on any atom is 0.397 e. The first-order valence-electron chi connectivity index (χ1n) is 4.68. The van der Waals surface area contributed by atoms with E-state index in [9.17, 15) is 8.42 Å². The SMILES string of the molecule is CCN1C=CC=CC1.CCOS(=O)(=O)O. The lowest BCUT2D eigenvalue weighted by molar-refractivity contribution is 0.283. The van der Waals surface area contributed by atoms with Crippen molar-refractivity contribution >= 4 is 10.4 Å². The van der Waals surface area contributed by atoms with Crippen molar-refractivity contribution in [3.05, 3.63) is 24.4 Å². The molecule has 1 heterocycles. The Labute approximate surface area is 91.0 Å². The van der Waals surface area contributed by atoms with E-state index in [1.807, 2.05) is 0 Å². The Morgan fingerprint density at radius 1 is 1.40 bits per heavy atom. The molecule has 0 aromatic carbocycles. The average Bonchev–Trinajstić information content (AvgIpc) is 2.18. The molecule has 1 N–H and O–H groups in total. The number of nitrogens with zero attached hydrogens (tertiary/aromatic N) is 1. The van der Waals surface area contributed by atoms with Crippen molar-refractivity contribution in [2.45, 2.75) is 13.8 Å². The van der Waals surface area contributed by atoms with Crippen LogP contribution in [0.25, 0.3) is 0 Å². The highest BCUT2D eigenvalue weighted by molar-refractivity contribution is 7.80. The lowest BCUT2D eigenvalue weighted by Crippen LogP contribution is -2.17. The van der Waals surface area contributed by atoms with Gasteiger partial charge in [-0.3, -0.25) is 4.55 Å². The van der Waals surface area contributed by atoms with E-state index in [0.717, 1.165) is 13.1 Å². The van der Waals surface area contributed by atoms with Gasteiger partial charge in [0, 0.05) is 13.1 Å². The zero-order valence-electron chi connectivity index (χ0n) is 8.96. The van der Waals surface area contributed by atoms with Crippen LogP contribution in [0.15, 0.2) is 24.4 Å².